The van der Waals surface area contributed by atoms with Crippen molar-refractivity contribution in [2.24, 2.45) is 5.73 Å². The zero-order valence-electron chi connectivity index (χ0n) is 24.0. The van der Waals surface area contributed by atoms with Crippen LogP contribution in [0, 0.1) is 11.6 Å². The molecule has 1 aromatic heterocycles. The van der Waals surface area contributed by atoms with Gasteiger partial charge in [-0.2, -0.15) is 0 Å². The summed E-state index contributed by atoms with van der Waals surface area (Å²) in [6.07, 6.45) is 1.52. The quantitative estimate of drug-likeness (QED) is 0.145. The lowest BCUT2D eigenvalue weighted by molar-refractivity contribution is -0.126. The van der Waals surface area contributed by atoms with Gasteiger partial charge < -0.3 is 15.8 Å². The van der Waals surface area contributed by atoms with E-state index in [2.05, 4.69) is 5.32 Å². The van der Waals surface area contributed by atoms with Gasteiger partial charge in [0.25, 0.3) is 5.91 Å². The number of ether oxygens (including phenoxy) is 1. The molecule has 0 saturated carbocycles. The summed E-state index contributed by atoms with van der Waals surface area (Å²) in [4.78, 5) is 52.7. The number of benzene rings is 2. The van der Waals surface area contributed by atoms with Gasteiger partial charge >= 0.3 is 5.97 Å². The molecule has 1 saturated heterocycles. The molecule has 4 rings (SSSR count). The molecule has 2 aromatic carbocycles. The van der Waals surface area contributed by atoms with E-state index in [9.17, 15) is 28.0 Å². The second-order valence-electron chi connectivity index (χ2n) is 10.9. The fourth-order valence-electron chi connectivity index (χ4n) is 4.26. The number of carbonyl (C=O) groups excluding carboxylic acids is 4. The van der Waals surface area contributed by atoms with Crippen molar-refractivity contribution < 1.29 is 32.7 Å². The van der Waals surface area contributed by atoms with Crippen LogP contribution in [0.4, 0.5) is 14.5 Å². The largest absolute Gasteiger partial charge is 0.456 e. The van der Waals surface area contributed by atoms with Crippen molar-refractivity contribution in [1.29, 1.82) is 0 Å². The number of nitrogens with two attached hydrogens (primary N) is 1. The first-order valence-electron chi connectivity index (χ1n) is 13.4. The second kappa shape index (κ2) is 13.8. The molecule has 230 valence electrons. The molecule has 8 nitrogen and oxygen atoms in total. The molecule has 1 atom stereocenters. The zero-order valence-corrected chi connectivity index (χ0v) is 26.5. The van der Waals surface area contributed by atoms with Crippen LogP contribution in [0.1, 0.15) is 55.3 Å². The van der Waals surface area contributed by atoms with Crippen LogP contribution in [0.15, 0.2) is 58.8 Å². The van der Waals surface area contributed by atoms with E-state index < -0.39 is 47.0 Å². The van der Waals surface area contributed by atoms with Crippen molar-refractivity contribution in [2.45, 2.75) is 51.7 Å². The van der Waals surface area contributed by atoms with Gasteiger partial charge in [0, 0.05) is 29.4 Å². The van der Waals surface area contributed by atoms with E-state index in [1.54, 1.807) is 50.4 Å². The summed E-state index contributed by atoms with van der Waals surface area (Å²) < 4.78 is 32.6. The zero-order chi connectivity index (χ0) is 32.2. The number of rotatable bonds is 10. The lowest BCUT2D eigenvalue weighted by Gasteiger charge is -2.26. The molecule has 13 heteroatoms. The number of primary amides is 1. The average molecular weight is 658 g/mol. The number of nitrogens with one attached hydrogen (secondary N) is 1. The van der Waals surface area contributed by atoms with Crippen molar-refractivity contribution in [3.63, 3.8) is 0 Å². The van der Waals surface area contributed by atoms with Crippen molar-refractivity contribution in [3.8, 4) is 11.1 Å². The number of nitrogens with zero attached hydrogens (tertiary/aromatic N) is 1. The van der Waals surface area contributed by atoms with Crippen molar-refractivity contribution in [3.05, 3.63) is 80.9 Å². The van der Waals surface area contributed by atoms with Gasteiger partial charge in [-0.3, -0.25) is 19.3 Å². The Balaban J connectivity index is 1.46. The molecule has 3 aromatic rings. The Hall–Kier alpha value is -3.94. The maximum atomic E-state index is 13.7. The van der Waals surface area contributed by atoms with Crippen LogP contribution >= 0.6 is 35.3 Å². The van der Waals surface area contributed by atoms with Gasteiger partial charge in [-0.1, -0.05) is 30.0 Å². The number of esters is 1. The smallest absolute Gasteiger partial charge is 0.338 e. The minimum Gasteiger partial charge on any atom is -0.456 e. The van der Waals surface area contributed by atoms with Gasteiger partial charge in [0.2, 0.25) is 11.8 Å². The Kier molecular flexibility index (Phi) is 10.3. The molecule has 0 spiro atoms. The first kappa shape index (κ1) is 33.0. The summed E-state index contributed by atoms with van der Waals surface area (Å²) in [5.41, 5.74) is 6.61. The predicted octanol–water partition coefficient (Wildman–Crippen LogP) is 6.51. The lowest BCUT2D eigenvalue weighted by atomic mass is 10.0. The number of carbonyl (C=O) groups is 4. The summed E-state index contributed by atoms with van der Waals surface area (Å²) in [6.45, 7) is 5.29. The second-order valence-corrected chi connectivity index (χ2v) is 13.5. The molecular formula is C31H29F2N3O5S3. The van der Waals surface area contributed by atoms with Crippen LogP contribution in [0.5, 0.6) is 0 Å². The summed E-state index contributed by atoms with van der Waals surface area (Å²) in [5.74, 6) is -3.84. The van der Waals surface area contributed by atoms with Crippen molar-refractivity contribution in [1.82, 2.24) is 4.90 Å². The molecule has 0 unspecified atom stereocenters. The predicted molar refractivity (Wildman–Crippen MR) is 172 cm³/mol. The van der Waals surface area contributed by atoms with Gasteiger partial charge in [-0.15, -0.1) is 11.3 Å². The number of amides is 3. The van der Waals surface area contributed by atoms with E-state index in [-0.39, 0.29) is 23.6 Å². The Morgan fingerprint density at radius 1 is 1.07 bits per heavy atom. The van der Waals surface area contributed by atoms with E-state index in [0.717, 1.165) is 23.9 Å². The summed E-state index contributed by atoms with van der Waals surface area (Å²) in [6, 6.07) is 10.8. The summed E-state index contributed by atoms with van der Waals surface area (Å²) in [7, 11) is 0. The van der Waals surface area contributed by atoms with E-state index in [1.807, 2.05) is 0 Å². The van der Waals surface area contributed by atoms with E-state index >= 15 is 0 Å². The number of thioether (sulfide) groups is 1. The molecule has 44 heavy (non-hydrogen) atoms. The Morgan fingerprint density at radius 2 is 1.77 bits per heavy atom. The molecular weight excluding hydrogens is 629 g/mol. The third kappa shape index (κ3) is 8.58. The first-order chi connectivity index (χ1) is 20.7. The summed E-state index contributed by atoms with van der Waals surface area (Å²) >= 11 is 7.87. The molecule has 0 bridgehead atoms. The van der Waals surface area contributed by atoms with Gasteiger partial charge in [0.1, 0.15) is 9.92 Å². The summed E-state index contributed by atoms with van der Waals surface area (Å²) in [5, 5.41) is 4.51. The molecule has 3 N–H and O–H groups in total. The highest BCUT2D eigenvalue weighted by Gasteiger charge is 2.38. The molecule has 1 aliphatic rings. The highest BCUT2D eigenvalue weighted by atomic mass is 32.2. The third-order valence-electron chi connectivity index (χ3n) is 6.28. The van der Waals surface area contributed by atoms with Gasteiger partial charge in [0.15, 0.2) is 11.6 Å². The Bertz CT molecular complexity index is 1650. The van der Waals surface area contributed by atoms with Crippen LogP contribution in [-0.4, -0.2) is 44.6 Å². The van der Waals surface area contributed by atoms with Gasteiger partial charge in [-0.25, -0.2) is 13.6 Å². The van der Waals surface area contributed by atoms with Gasteiger partial charge in [-0.05, 0) is 92.2 Å². The first-order valence-corrected chi connectivity index (χ1v) is 15.5. The molecule has 1 fully saturated rings. The van der Waals surface area contributed by atoms with E-state index in [4.69, 9.17) is 22.7 Å². The average Bonchev–Trinajstić information content (AvgIpc) is 3.51. The third-order valence-corrected chi connectivity index (χ3v) is 8.49. The van der Waals surface area contributed by atoms with Crippen LogP contribution in [0.25, 0.3) is 17.2 Å². The van der Waals surface area contributed by atoms with Crippen LogP contribution in [-0.2, 0) is 19.1 Å². The number of thiophene rings is 1. The van der Waals surface area contributed by atoms with Crippen LogP contribution in [0.2, 0.25) is 0 Å². The molecule has 2 heterocycles. The minimum atomic E-state index is -0.958. The topological polar surface area (TPSA) is 119 Å². The highest BCUT2D eigenvalue weighted by Crippen LogP contribution is 2.37. The Labute approximate surface area is 266 Å². The highest BCUT2D eigenvalue weighted by molar-refractivity contribution is 8.26. The SMILES string of the molecule is CC(C)(C)OC(=O)c1ccc(NC(=O)C[C@H](CCC(N)=O)N2C(=O)/C(=C/c3cc(-c4ccc(F)c(F)c4)cs3)SC2=S)cc1. The lowest BCUT2D eigenvalue weighted by Crippen LogP contribution is -2.41. The Morgan fingerprint density at radius 3 is 2.41 bits per heavy atom. The molecule has 1 aliphatic heterocycles. The number of hydrogen-bond acceptors (Lipinski definition) is 8. The molecule has 0 aliphatic carbocycles. The van der Waals surface area contributed by atoms with Crippen molar-refractivity contribution in [2.75, 3.05) is 5.32 Å². The number of hydrogen-bond donors (Lipinski definition) is 2. The fraction of sp³-hybridized carbons (Fsp3) is 0.258. The van der Waals surface area contributed by atoms with E-state index in [0.29, 0.717) is 32.2 Å². The molecule has 0 radical (unpaired) electrons. The number of anilines is 1. The van der Waals surface area contributed by atoms with Crippen molar-refractivity contribution >= 4 is 75.1 Å². The van der Waals surface area contributed by atoms with Crippen LogP contribution in [0.3, 0.4) is 0 Å². The van der Waals surface area contributed by atoms with Crippen LogP contribution < -0.4 is 11.1 Å². The normalized spacial score (nSPS) is 15.0. The maximum Gasteiger partial charge on any atom is 0.338 e. The fourth-order valence-corrected chi connectivity index (χ4v) is 6.58. The number of thiocarbonyl (C=S) groups is 1. The number of halogens is 2. The minimum absolute atomic E-state index is 0.0683. The maximum absolute atomic E-state index is 13.7. The van der Waals surface area contributed by atoms with Gasteiger partial charge in [0.05, 0.1) is 10.5 Å². The monoisotopic (exact) mass is 657 g/mol. The standard InChI is InChI=1S/C31H29F2N3O5S3/c1-31(2,3)41-29(40)17-4-7-20(8-5-17)35-27(38)14-21(9-11-26(34)37)36-28(39)25(44-30(36)42)15-22-12-19(16-43-22)18-6-10-23(32)24(33)13-18/h4-8,10,12-13,15-16,21H,9,11,14H2,1-3H3,(H2,34,37)(H,35,38)/b25-15-/t21-/m0/s1. The molecule has 3 amide bonds. The van der Waals surface area contributed by atoms with E-state index in [1.165, 1.54) is 34.4 Å².